The van der Waals surface area contributed by atoms with Crippen LogP contribution < -0.4 is 0 Å². The standard InChI is InChI=1S/C57H35N5O2/c1-4-14-36(15-5-1)43-34-49-54(35-44(43)37-16-6-2-7-17-37)64-57(60-49)40-27-31-51-46(33-40)45-32-39(56-59-48-21-11-13-23-53(48)63-56)26-30-50(45)61(51)42-28-24-38(25-29-42)55-58-47-20-10-12-22-52(47)62(55)41-18-8-3-9-19-41/h1-35H. The van der Waals surface area contributed by atoms with Gasteiger partial charge in [0.05, 0.1) is 22.1 Å². The van der Waals surface area contributed by atoms with Crippen LogP contribution in [0.15, 0.2) is 221 Å². The topological polar surface area (TPSA) is 74.8 Å². The van der Waals surface area contributed by atoms with E-state index in [1.807, 2.05) is 48.5 Å². The third kappa shape index (κ3) is 5.86. The number of fused-ring (bicyclic) bond motifs is 6. The second-order valence-electron chi connectivity index (χ2n) is 16.0. The average molecular weight is 822 g/mol. The highest BCUT2D eigenvalue weighted by Gasteiger charge is 2.20. The summed E-state index contributed by atoms with van der Waals surface area (Å²) >= 11 is 0. The van der Waals surface area contributed by atoms with Crippen LogP contribution >= 0.6 is 0 Å². The number of nitrogens with zero attached hydrogens (tertiary/aromatic N) is 5. The second-order valence-corrected chi connectivity index (χ2v) is 16.0. The molecule has 64 heavy (non-hydrogen) atoms. The number of benzene rings is 9. The molecule has 0 unspecified atom stereocenters. The van der Waals surface area contributed by atoms with Crippen LogP contribution in [0.5, 0.6) is 0 Å². The van der Waals surface area contributed by atoms with Crippen molar-refractivity contribution in [2.24, 2.45) is 0 Å². The van der Waals surface area contributed by atoms with Crippen LogP contribution in [-0.4, -0.2) is 24.1 Å². The van der Waals surface area contributed by atoms with Crippen LogP contribution in [0.3, 0.4) is 0 Å². The molecule has 0 aliphatic rings. The Kier molecular flexibility index (Phi) is 8.08. The lowest BCUT2D eigenvalue weighted by atomic mass is 9.94. The molecule has 7 heteroatoms. The monoisotopic (exact) mass is 821 g/mol. The zero-order valence-corrected chi connectivity index (χ0v) is 34.3. The summed E-state index contributed by atoms with van der Waals surface area (Å²) in [6, 6.07) is 73.4. The van der Waals surface area contributed by atoms with E-state index in [0.717, 1.165) is 111 Å². The number of hydrogen-bond donors (Lipinski definition) is 0. The van der Waals surface area contributed by atoms with Crippen molar-refractivity contribution in [1.82, 2.24) is 24.1 Å². The second kappa shape index (κ2) is 14.4. The van der Waals surface area contributed by atoms with E-state index in [4.69, 9.17) is 23.8 Å². The highest BCUT2D eigenvalue weighted by atomic mass is 16.4. The van der Waals surface area contributed by atoms with E-state index in [-0.39, 0.29) is 0 Å². The molecule has 0 N–H and O–H groups in total. The molecule has 9 aromatic carbocycles. The molecule has 13 aromatic rings. The first-order valence-electron chi connectivity index (χ1n) is 21.3. The molecule has 4 aromatic heterocycles. The van der Waals surface area contributed by atoms with Gasteiger partial charge < -0.3 is 13.4 Å². The number of hydrogen-bond acceptors (Lipinski definition) is 5. The maximum Gasteiger partial charge on any atom is 0.227 e. The molecular weight excluding hydrogens is 787 g/mol. The molecule has 7 nitrogen and oxygen atoms in total. The molecule has 4 heterocycles. The fourth-order valence-electron chi connectivity index (χ4n) is 9.19. The van der Waals surface area contributed by atoms with Gasteiger partial charge in [0.1, 0.15) is 16.9 Å². The van der Waals surface area contributed by atoms with E-state index in [0.29, 0.717) is 11.8 Å². The fraction of sp³-hybridized carbons (Fsp3) is 0. The molecule has 0 radical (unpaired) electrons. The number of imidazole rings is 1. The summed E-state index contributed by atoms with van der Waals surface area (Å²) in [7, 11) is 0. The zero-order valence-electron chi connectivity index (χ0n) is 34.3. The van der Waals surface area contributed by atoms with Gasteiger partial charge in [0.25, 0.3) is 0 Å². The lowest BCUT2D eigenvalue weighted by Crippen LogP contribution is -1.98. The van der Waals surface area contributed by atoms with E-state index >= 15 is 0 Å². The fourth-order valence-corrected chi connectivity index (χ4v) is 9.19. The van der Waals surface area contributed by atoms with Gasteiger partial charge in [-0.05, 0) is 131 Å². The summed E-state index contributed by atoms with van der Waals surface area (Å²) in [4.78, 5) is 15.1. The lowest BCUT2D eigenvalue weighted by Gasteiger charge is -2.12. The third-order valence-corrected chi connectivity index (χ3v) is 12.2. The summed E-state index contributed by atoms with van der Waals surface area (Å²) in [5, 5.41) is 2.11. The van der Waals surface area contributed by atoms with Crippen molar-refractivity contribution < 1.29 is 8.83 Å². The van der Waals surface area contributed by atoms with Crippen molar-refractivity contribution in [3.63, 3.8) is 0 Å². The summed E-state index contributed by atoms with van der Waals surface area (Å²) in [6.07, 6.45) is 0. The Balaban J connectivity index is 0.970. The van der Waals surface area contributed by atoms with Gasteiger partial charge in [-0.15, -0.1) is 0 Å². The Hall–Kier alpha value is -8.81. The quantitative estimate of drug-likeness (QED) is 0.160. The van der Waals surface area contributed by atoms with Crippen molar-refractivity contribution in [3.8, 4) is 67.9 Å². The molecule has 0 atom stereocenters. The van der Waals surface area contributed by atoms with Gasteiger partial charge >= 0.3 is 0 Å². The predicted octanol–water partition coefficient (Wildman–Crippen LogP) is 14.7. The van der Waals surface area contributed by atoms with Crippen molar-refractivity contribution in [2.75, 3.05) is 0 Å². The number of para-hydroxylation sites is 5. The minimum absolute atomic E-state index is 0.558. The van der Waals surface area contributed by atoms with E-state index < -0.39 is 0 Å². The average Bonchev–Trinajstić information content (AvgIpc) is 4.16. The van der Waals surface area contributed by atoms with Crippen LogP contribution in [0.25, 0.3) is 123 Å². The highest BCUT2D eigenvalue weighted by Crippen LogP contribution is 2.41. The molecule has 0 bridgehead atoms. The third-order valence-electron chi connectivity index (χ3n) is 12.2. The molecule has 0 fully saturated rings. The molecule has 13 rings (SSSR count). The van der Waals surface area contributed by atoms with Gasteiger partial charge in [0.15, 0.2) is 11.2 Å². The van der Waals surface area contributed by atoms with Crippen LogP contribution in [0.1, 0.15) is 0 Å². The first-order valence-corrected chi connectivity index (χ1v) is 21.3. The number of rotatable bonds is 7. The summed E-state index contributed by atoms with van der Waals surface area (Å²) in [6.45, 7) is 0. The first kappa shape index (κ1) is 35.9. The maximum atomic E-state index is 6.65. The Morgan fingerprint density at radius 2 is 0.828 bits per heavy atom. The SMILES string of the molecule is c1ccc(-c2cc3nc(-c4ccc5c(c4)c4cc(-c6nc7ccccc7o6)ccc4n5-c4ccc(-c5nc6ccccc6n5-c5ccccc5)cc4)oc3cc2-c2ccccc2)cc1. The zero-order chi connectivity index (χ0) is 42.1. The molecule has 0 saturated carbocycles. The minimum atomic E-state index is 0.558. The normalized spacial score (nSPS) is 11.8. The van der Waals surface area contributed by atoms with Gasteiger partial charge in [-0.1, -0.05) is 103 Å². The van der Waals surface area contributed by atoms with E-state index in [1.54, 1.807) is 0 Å². The molecule has 0 spiro atoms. The molecule has 300 valence electrons. The number of aromatic nitrogens is 5. The smallest absolute Gasteiger partial charge is 0.227 e. The summed E-state index contributed by atoms with van der Waals surface area (Å²) in [5.41, 5.74) is 16.6. The van der Waals surface area contributed by atoms with Gasteiger partial charge in [-0.3, -0.25) is 4.57 Å². The van der Waals surface area contributed by atoms with Gasteiger partial charge in [-0.2, -0.15) is 0 Å². The van der Waals surface area contributed by atoms with Gasteiger partial charge in [-0.25, -0.2) is 15.0 Å². The minimum Gasteiger partial charge on any atom is -0.436 e. The van der Waals surface area contributed by atoms with Crippen molar-refractivity contribution in [3.05, 3.63) is 212 Å². The molecular formula is C57H35N5O2. The molecule has 0 amide bonds. The molecule has 0 saturated heterocycles. The molecule has 0 aliphatic carbocycles. The number of oxazole rings is 2. The van der Waals surface area contributed by atoms with Crippen LogP contribution in [0.4, 0.5) is 0 Å². The van der Waals surface area contributed by atoms with E-state index in [9.17, 15) is 0 Å². The van der Waals surface area contributed by atoms with Crippen molar-refractivity contribution in [1.29, 1.82) is 0 Å². The van der Waals surface area contributed by atoms with Crippen LogP contribution in [0.2, 0.25) is 0 Å². The lowest BCUT2D eigenvalue weighted by molar-refractivity contribution is 0.619. The van der Waals surface area contributed by atoms with Gasteiger partial charge in [0.2, 0.25) is 11.8 Å². The Bertz CT molecular complexity index is 3770. The largest absolute Gasteiger partial charge is 0.436 e. The Morgan fingerprint density at radius 1 is 0.312 bits per heavy atom. The van der Waals surface area contributed by atoms with E-state index in [2.05, 4.69) is 173 Å². The summed E-state index contributed by atoms with van der Waals surface area (Å²) < 4.78 is 17.5. The Labute approximate surface area is 366 Å². The van der Waals surface area contributed by atoms with Crippen LogP contribution in [-0.2, 0) is 0 Å². The predicted molar refractivity (Wildman–Crippen MR) is 258 cm³/mol. The Morgan fingerprint density at radius 3 is 1.48 bits per heavy atom. The molecule has 0 aliphatic heterocycles. The van der Waals surface area contributed by atoms with Crippen molar-refractivity contribution >= 4 is 55.0 Å². The summed E-state index contributed by atoms with van der Waals surface area (Å²) in [5.74, 6) is 2.02. The van der Waals surface area contributed by atoms with Crippen LogP contribution in [0, 0.1) is 0 Å². The van der Waals surface area contributed by atoms with Gasteiger partial charge in [0, 0.05) is 38.8 Å². The highest BCUT2D eigenvalue weighted by molar-refractivity contribution is 6.11. The maximum absolute atomic E-state index is 6.65. The van der Waals surface area contributed by atoms with E-state index in [1.165, 1.54) is 0 Å². The van der Waals surface area contributed by atoms with Crippen molar-refractivity contribution in [2.45, 2.75) is 0 Å². The first-order chi connectivity index (χ1) is 31.7.